The van der Waals surface area contributed by atoms with Gasteiger partial charge in [0.25, 0.3) is 0 Å². The third-order valence-electron chi connectivity index (χ3n) is 8.38. The minimum absolute atomic E-state index is 0.675. The zero-order chi connectivity index (χ0) is 16.3. The van der Waals surface area contributed by atoms with Gasteiger partial charge in [0.1, 0.15) is 0 Å². The molecular formula is C22H41N. The van der Waals surface area contributed by atoms with Crippen LogP contribution in [-0.4, -0.2) is 6.54 Å². The maximum atomic E-state index is 5.84. The molecule has 0 amide bonds. The van der Waals surface area contributed by atoms with Crippen molar-refractivity contribution < 1.29 is 0 Å². The van der Waals surface area contributed by atoms with Crippen molar-refractivity contribution in [2.45, 2.75) is 97.3 Å². The SMILES string of the molecule is CC1CC2CCCCC2(C)C2CCCCC(CCCN)C1CC2. The Morgan fingerprint density at radius 2 is 1.65 bits per heavy atom. The van der Waals surface area contributed by atoms with Crippen LogP contribution in [0.3, 0.4) is 0 Å². The van der Waals surface area contributed by atoms with Crippen molar-refractivity contribution in [3.8, 4) is 0 Å². The highest BCUT2D eigenvalue weighted by molar-refractivity contribution is 4.96. The molecule has 6 atom stereocenters. The molecule has 3 fully saturated rings. The van der Waals surface area contributed by atoms with E-state index in [0.717, 1.165) is 36.1 Å². The molecule has 0 aromatic carbocycles. The first-order valence-corrected chi connectivity index (χ1v) is 10.8. The van der Waals surface area contributed by atoms with Gasteiger partial charge >= 0.3 is 0 Å². The van der Waals surface area contributed by atoms with E-state index in [2.05, 4.69) is 13.8 Å². The van der Waals surface area contributed by atoms with E-state index < -0.39 is 0 Å². The van der Waals surface area contributed by atoms with Gasteiger partial charge in [-0.3, -0.25) is 0 Å². The molecule has 6 unspecified atom stereocenters. The molecule has 0 heterocycles. The number of fused-ring (bicyclic) bond motifs is 5. The number of rotatable bonds is 3. The van der Waals surface area contributed by atoms with Gasteiger partial charge < -0.3 is 5.73 Å². The fraction of sp³-hybridized carbons (Fsp3) is 1.00. The van der Waals surface area contributed by atoms with Gasteiger partial charge in [0.15, 0.2) is 0 Å². The molecule has 1 nitrogen and oxygen atoms in total. The van der Waals surface area contributed by atoms with Crippen LogP contribution in [0.5, 0.6) is 0 Å². The Morgan fingerprint density at radius 1 is 0.913 bits per heavy atom. The molecule has 2 N–H and O–H groups in total. The van der Waals surface area contributed by atoms with E-state index in [-0.39, 0.29) is 0 Å². The summed E-state index contributed by atoms with van der Waals surface area (Å²) >= 11 is 0. The zero-order valence-corrected chi connectivity index (χ0v) is 15.9. The molecule has 3 saturated carbocycles. The molecule has 3 rings (SSSR count). The Bertz CT molecular complexity index is 365. The highest BCUT2D eigenvalue weighted by Crippen LogP contribution is 2.56. The van der Waals surface area contributed by atoms with Crippen LogP contribution in [0.4, 0.5) is 0 Å². The summed E-state index contributed by atoms with van der Waals surface area (Å²) < 4.78 is 0. The second-order valence-electron chi connectivity index (χ2n) is 9.58. The molecule has 0 aromatic rings. The molecule has 2 bridgehead atoms. The topological polar surface area (TPSA) is 26.0 Å². The standard InChI is InChI=1S/C22H41N/c1-17-16-20-11-5-6-14-22(20,2)19-10-4-3-8-18(9-7-15-23)21(17)13-12-19/h17-21H,3-16,23H2,1-2H3. The highest BCUT2D eigenvalue weighted by Gasteiger charge is 2.45. The predicted octanol–water partition coefficient (Wildman–Crippen LogP) is 6.16. The van der Waals surface area contributed by atoms with Gasteiger partial charge in [-0.05, 0) is 92.9 Å². The molecule has 0 saturated heterocycles. The second-order valence-corrected chi connectivity index (χ2v) is 9.58. The second kappa shape index (κ2) is 7.89. The van der Waals surface area contributed by atoms with Gasteiger partial charge in [0.05, 0.1) is 0 Å². The van der Waals surface area contributed by atoms with Crippen LogP contribution in [-0.2, 0) is 0 Å². The molecule has 23 heavy (non-hydrogen) atoms. The first-order chi connectivity index (χ1) is 11.1. The number of hydrogen-bond donors (Lipinski definition) is 1. The molecule has 0 aliphatic heterocycles. The average Bonchev–Trinajstić information content (AvgIpc) is 2.63. The van der Waals surface area contributed by atoms with Gasteiger partial charge in [-0.15, -0.1) is 0 Å². The molecule has 0 spiro atoms. The van der Waals surface area contributed by atoms with Crippen LogP contribution in [0.25, 0.3) is 0 Å². The summed E-state index contributed by atoms with van der Waals surface area (Å²) in [7, 11) is 0. The molecule has 0 radical (unpaired) electrons. The Hall–Kier alpha value is -0.0400. The zero-order valence-electron chi connectivity index (χ0n) is 15.9. The Labute approximate surface area is 145 Å². The van der Waals surface area contributed by atoms with E-state index in [1.54, 1.807) is 0 Å². The summed E-state index contributed by atoms with van der Waals surface area (Å²) in [5.74, 6) is 4.96. The minimum Gasteiger partial charge on any atom is -0.330 e. The summed E-state index contributed by atoms with van der Waals surface area (Å²) in [6, 6.07) is 0. The van der Waals surface area contributed by atoms with Gasteiger partial charge in [-0.2, -0.15) is 0 Å². The van der Waals surface area contributed by atoms with E-state index in [9.17, 15) is 0 Å². The van der Waals surface area contributed by atoms with E-state index in [0.29, 0.717) is 5.41 Å². The van der Waals surface area contributed by atoms with Gasteiger partial charge in [-0.1, -0.05) is 46.0 Å². The van der Waals surface area contributed by atoms with Crippen LogP contribution in [0.1, 0.15) is 97.3 Å². The van der Waals surface area contributed by atoms with Crippen molar-refractivity contribution in [3.05, 3.63) is 0 Å². The summed E-state index contributed by atoms with van der Waals surface area (Å²) in [5, 5.41) is 0. The van der Waals surface area contributed by atoms with Crippen LogP contribution in [0.2, 0.25) is 0 Å². The average molecular weight is 320 g/mol. The predicted molar refractivity (Wildman–Crippen MR) is 100 cm³/mol. The summed E-state index contributed by atoms with van der Waals surface area (Å²) in [6.07, 6.45) is 19.3. The molecule has 1 heteroatoms. The molecule has 3 aliphatic rings. The fourth-order valence-electron chi connectivity index (χ4n) is 6.91. The van der Waals surface area contributed by atoms with Crippen molar-refractivity contribution in [2.24, 2.45) is 40.7 Å². The maximum absolute atomic E-state index is 5.84. The first-order valence-electron chi connectivity index (χ1n) is 10.8. The lowest BCUT2D eigenvalue weighted by atomic mass is 9.54. The van der Waals surface area contributed by atoms with Crippen molar-refractivity contribution in [1.82, 2.24) is 0 Å². The normalized spacial score (nSPS) is 45.3. The van der Waals surface area contributed by atoms with Crippen LogP contribution in [0, 0.1) is 35.0 Å². The number of hydrogen-bond acceptors (Lipinski definition) is 1. The third kappa shape index (κ3) is 3.80. The van der Waals surface area contributed by atoms with E-state index in [1.807, 2.05) is 0 Å². The van der Waals surface area contributed by atoms with Gasteiger partial charge in [0.2, 0.25) is 0 Å². The minimum atomic E-state index is 0.675. The highest BCUT2D eigenvalue weighted by atomic mass is 14.5. The Balaban J connectivity index is 1.82. The molecule has 0 aromatic heterocycles. The molecule has 3 aliphatic carbocycles. The third-order valence-corrected chi connectivity index (χ3v) is 8.38. The molecular weight excluding hydrogens is 278 g/mol. The Morgan fingerprint density at radius 3 is 2.48 bits per heavy atom. The lowest BCUT2D eigenvalue weighted by molar-refractivity contribution is -0.00985. The first kappa shape index (κ1) is 17.8. The summed E-state index contributed by atoms with van der Waals surface area (Å²) in [4.78, 5) is 0. The monoisotopic (exact) mass is 319 g/mol. The summed E-state index contributed by atoms with van der Waals surface area (Å²) in [6.45, 7) is 6.19. The largest absolute Gasteiger partial charge is 0.330 e. The Kier molecular flexibility index (Phi) is 6.10. The van der Waals surface area contributed by atoms with Crippen molar-refractivity contribution in [3.63, 3.8) is 0 Å². The van der Waals surface area contributed by atoms with Gasteiger partial charge in [-0.25, -0.2) is 0 Å². The van der Waals surface area contributed by atoms with Crippen molar-refractivity contribution in [2.75, 3.05) is 6.54 Å². The lowest BCUT2D eigenvalue weighted by Crippen LogP contribution is -2.42. The van der Waals surface area contributed by atoms with Crippen LogP contribution in [0.15, 0.2) is 0 Å². The molecule has 134 valence electrons. The van der Waals surface area contributed by atoms with E-state index >= 15 is 0 Å². The lowest BCUT2D eigenvalue weighted by Gasteiger charge is -2.51. The summed E-state index contributed by atoms with van der Waals surface area (Å²) in [5.41, 5.74) is 6.51. The number of nitrogens with two attached hydrogens (primary N) is 1. The van der Waals surface area contributed by atoms with Crippen LogP contribution < -0.4 is 5.73 Å². The van der Waals surface area contributed by atoms with Crippen LogP contribution >= 0.6 is 0 Å². The fourth-order valence-corrected chi connectivity index (χ4v) is 6.91. The van der Waals surface area contributed by atoms with Crippen molar-refractivity contribution in [1.29, 1.82) is 0 Å². The smallest absolute Gasteiger partial charge is 0.00772 e. The maximum Gasteiger partial charge on any atom is -0.00772 e. The van der Waals surface area contributed by atoms with Crippen molar-refractivity contribution >= 4 is 0 Å². The van der Waals surface area contributed by atoms with E-state index in [4.69, 9.17) is 5.73 Å². The van der Waals surface area contributed by atoms with E-state index in [1.165, 1.54) is 83.5 Å². The van der Waals surface area contributed by atoms with Gasteiger partial charge in [0, 0.05) is 0 Å². The quantitative estimate of drug-likeness (QED) is 0.662.